The van der Waals surface area contributed by atoms with Crippen LogP contribution >= 0.6 is 0 Å². The van der Waals surface area contributed by atoms with Gasteiger partial charge in [-0.2, -0.15) is 0 Å². The van der Waals surface area contributed by atoms with Crippen molar-refractivity contribution in [1.82, 2.24) is 4.90 Å². The lowest BCUT2D eigenvalue weighted by Crippen LogP contribution is -2.48. The standard InChI is InChI=1S/C24H32N4O2/c1-5-23(29)25-20-9-6-18(4)22(16-20)26-24(30)19-7-10-21(11-8-19)28-14-12-27(13-15-28)17(2)3/h6-11,16-17H,5,12-15H2,1-4H3,(H,25,29)(H,26,30). The van der Waals surface area contributed by atoms with Crippen molar-refractivity contribution in [3.05, 3.63) is 53.6 Å². The molecule has 0 saturated carbocycles. The molecule has 0 atom stereocenters. The Hall–Kier alpha value is -2.86. The lowest BCUT2D eigenvalue weighted by molar-refractivity contribution is -0.115. The van der Waals surface area contributed by atoms with Gasteiger partial charge in [0.1, 0.15) is 0 Å². The van der Waals surface area contributed by atoms with Crippen LogP contribution in [0.1, 0.15) is 43.1 Å². The third kappa shape index (κ3) is 5.39. The maximum absolute atomic E-state index is 12.7. The normalized spacial score (nSPS) is 14.6. The SMILES string of the molecule is CCC(=O)Nc1ccc(C)c(NC(=O)c2ccc(N3CCN(C(C)C)CC3)cc2)c1. The van der Waals surface area contributed by atoms with Crippen LogP contribution in [-0.2, 0) is 4.79 Å². The average Bonchev–Trinajstić information content (AvgIpc) is 2.76. The van der Waals surface area contributed by atoms with Crippen molar-refractivity contribution < 1.29 is 9.59 Å². The summed E-state index contributed by atoms with van der Waals surface area (Å²) >= 11 is 0. The van der Waals surface area contributed by atoms with Gasteiger partial charge in [-0.25, -0.2) is 0 Å². The summed E-state index contributed by atoms with van der Waals surface area (Å²) < 4.78 is 0. The van der Waals surface area contributed by atoms with E-state index in [4.69, 9.17) is 0 Å². The molecule has 0 radical (unpaired) electrons. The zero-order valence-corrected chi connectivity index (χ0v) is 18.4. The summed E-state index contributed by atoms with van der Waals surface area (Å²) in [6.45, 7) is 12.3. The Morgan fingerprint density at radius 2 is 1.63 bits per heavy atom. The number of piperazine rings is 1. The smallest absolute Gasteiger partial charge is 0.255 e. The van der Waals surface area contributed by atoms with Crippen LogP contribution in [0.15, 0.2) is 42.5 Å². The minimum Gasteiger partial charge on any atom is -0.369 e. The number of hydrogen-bond donors (Lipinski definition) is 2. The first-order valence-corrected chi connectivity index (χ1v) is 10.7. The average molecular weight is 409 g/mol. The van der Waals surface area contributed by atoms with Gasteiger partial charge < -0.3 is 15.5 Å². The number of hydrogen-bond acceptors (Lipinski definition) is 4. The Morgan fingerprint density at radius 1 is 0.967 bits per heavy atom. The molecule has 160 valence electrons. The number of anilines is 3. The predicted octanol–water partition coefficient (Wildman–Crippen LogP) is 4.13. The van der Waals surface area contributed by atoms with Gasteiger partial charge in [-0.05, 0) is 62.7 Å². The summed E-state index contributed by atoms with van der Waals surface area (Å²) in [6, 6.07) is 13.9. The summed E-state index contributed by atoms with van der Waals surface area (Å²) in [5, 5.41) is 5.79. The highest BCUT2D eigenvalue weighted by Gasteiger charge is 2.19. The maximum Gasteiger partial charge on any atom is 0.255 e. The molecule has 2 aromatic rings. The van der Waals surface area contributed by atoms with Gasteiger partial charge in [0.2, 0.25) is 5.91 Å². The minimum absolute atomic E-state index is 0.0547. The van der Waals surface area contributed by atoms with Gasteiger partial charge in [0.15, 0.2) is 0 Å². The highest BCUT2D eigenvalue weighted by Crippen LogP contribution is 2.23. The molecule has 30 heavy (non-hydrogen) atoms. The lowest BCUT2D eigenvalue weighted by Gasteiger charge is -2.38. The fourth-order valence-electron chi connectivity index (χ4n) is 3.60. The zero-order chi connectivity index (χ0) is 21.7. The van der Waals surface area contributed by atoms with E-state index in [1.807, 2.05) is 43.3 Å². The second-order valence-corrected chi connectivity index (χ2v) is 8.05. The molecule has 0 aliphatic carbocycles. The number of carbonyl (C=O) groups is 2. The van der Waals surface area contributed by atoms with Crippen LogP contribution in [0.5, 0.6) is 0 Å². The molecule has 2 amide bonds. The number of carbonyl (C=O) groups excluding carboxylic acids is 2. The molecule has 2 aromatic carbocycles. The van der Waals surface area contributed by atoms with E-state index in [-0.39, 0.29) is 11.8 Å². The number of amides is 2. The summed E-state index contributed by atoms with van der Waals surface area (Å²) in [4.78, 5) is 29.2. The molecule has 1 heterocycles. The molecule has 1 aliphatic heterocycles. The van der Waals surface area contributed by atoms with E-state index in [1.54, 1.807) is 13.0 Å². The van der Waals surface area contributed by atoms with Gasteiger partial charge >= 0.3 is 0 Å². The first kappa shape index (κ1) is 21.8. The molecule has 0 spiro atoms. The van der Waals surface area contributed by atoms with Crippen LogP contribution in [0.4, 0.5) is 17.1 Å². The monoisotopic (exact) mass is 408 g/mol. The second kappa shape index (κ2) is 9.76. The fourth-order valence-corrected chi connectivity index (χ4v) is 3.60. The third-order valence-electron chi connectivity index (χ3n) is 5.63. The highest BCUT2D eigenvalue weighted by molar-refractivity contribution is 6.05. The minimum atomic E-state index is -0.159. The predicted molar refractivity (Wildman–Crippen MR) is 123 cm³/mol. The molecule has 6 heteroatoms. The topological polar surface area (TPSA) is 64.7 Å². The van der Waals surface area contributed by atoms with E-state index >= 15 is 0 Å². The Bertz CT molecular complexity index is 885. The quantitative estimate of drug-likeness (QED) is 0.754. The third-order valence-corrected chi connectivity index (χ3v) is 5.63. The number of aryl methyl sites for hydroxylation is 1. The molecule has 1 aliphatic rings. The van der Waals surface area contributed by atoms with Gasteiger partial charge in [0.25, 0.3) is 5.91 Å². The summed E-state index contributed by atoms with van der Waals surface area (Å²) in [5.41, 5.74) is 4.08. The first-order valence-electron chi connectivity index (χ1n) is 10.7. The Kier molecular flexibility index (Phi) is 7.11. The molecular weight excluding hydrogens is 376 g/mol. The van der Waals surface area contributed by atoms with E-state index in [2.05, 4.69) is 34.3 Å². The van der Waals surface area contributed by atoms with Crippen LogP contribution in [0.25, 0.3) is 0 Å². The molecule has 2 N–H and O–H groups in total. The first-order chi connectivity index (χ1) is 14.4. The van der Waals surface area contributed by atoms with Crippen molar-refractivity contribution in [3.8, 4) is 0 Å². The summed E-state index contributed by atoms with van der Waals surface area (Å²) in [7, 11) is 0. The van der Waals surface area contributed by atoms with Crippen LogP contribution < -0.4 is 15.5 Å². The Labute approximate surface area is 179 Å². The van der Waals surface area contributed by atoms with E-state index < -0.39 is 0 Å². The van der Waals surface area contributed by atoms with Crippen molar-refractivity contribution in [2.45, 2.75) is 40.2 Å². The number of benzene rings is 2. The molecule has 0 aromatic heterocycles. The summed E-state index contributed by atoms with van der Waals surface area (Å²) in [6.07, 6.45) is 0.411. The number of rotatable bonds is 6. The van der Waals surface area contributed by atoms with Gasteiger partial charge in [0.05, 0.1) is 0 Å². The largest absolute Gasteiger partial charge is 0.369 e. The van der Waals surface area contributed by atoms with Gasteiger partial charge in [-0.3, -0.25) is 14.5 Å². The molecule has 6 nitrogen and oxygen atoms in total. The van der Waals surface area contributed by atoms with Crippen molar-refractivity contribution in [3.63, 3.8) is 0 Å². The van der Waals surface area contributed by atoms with Crippen LogP contribution in [-0.4, -0.2) is 48.9 Å². The summed E-state index contributed by atoms with van der Waals surface area (Å²) in [5.74, 6) is -0.214. The van der Waals surface area contributed by atoms with Gasteiger partial charge in [0, 0.05) is 61.3 Å². The molecule has 1 saturated heterocycles. The maximum atomic E-state index is 12.7. The molecule has 1 fully saturated rings. The van der Waals surface area contributed by atoms with Gasteiger partial charge in [-0.15, -0.1) is 0 Å². The molecule has 0 bridgehead atoms. The molecule has 3 rings (SSSR count). The fraction of sp³-hybridized carbons (Fsp3) is 0.417. The highest BCUT2D eigenvalue weighted by atomic mass is 16.2. The number of nitrogens with zero attached hydrogens (tertiary/aromatic N) is 2. The van der Waals surface area contributed by atoms with Gasteiger partial charge in [-0.1, -0.05) is 13.0 Å². The van der Waals surface area contributed by atoms with E-state index in [0.717, 1.165) is 37.4 Å². The van der Waals surface area contributed by atoms with Crippen LogP contribution in [0.2, 0.25) is 0 Å². The van der Waals surface area contributed by atoms with E-state index in [9.17, 15) is 9.59 Å². The second-order valence-electron chi connectivity index (χ2n) is 8.05. The molecule has 0 unspecified atom stereocenters. The van der Waals surface area contributed by atoms with Crippen LogP contribution in [0, 0.1) is 6.92 Å². The van der Waals surface area contributed by atoms with Crippen molar-refractivity contribution >= 4 is 28.9 Å². The number of nitrogens with one attached hydrogen (secondary N) is 2. The zero-order valence-electron chi connectivity index (χ0n) is 18.4. The van der Waals surface area contributed by atoms with Crippen molar-refractivity contribution in [2.24, 2.45) is 0 Å². The Balaban J connectivity index is 1.64. The van der Waals surface area contributed by atoms with Crippen LogP contribution in [0.3, 0.4) is 0 Å². The lowest BCUT2D eigenvalue weighted by atomic mass is 10.1. The van der Waals surface area contributed by atoms with Crippen molar-refractivity contribution in [1.29, 1.82) is 0 Å². The Morgan fingerprint density at radius 3 is 2.23 bits per heavy atom. The van der Waals surface area contributed by atoms with Crippen molar-refractivity contribution in [2.75, 3.05) is 41.7 Å². The van der Waals surface area contributed by atoms with E-state index in [1.165, 1.54) is 0 Å². The van der Waals surface area contributed by atoms with E-state index in [0.29, 0.717) is 29.4 Å². The molecular formula is C24H32N4O2.